The maximum Gasteiger partial charge on any atom is 0.378 e. The molecule has 27 heavy (non-hydrogen) atoms. The lowest BCUT2D eigenvalue weighted by Gasteiger charge is -2.17. The molecule has 3 rings (SSSR count). The largest absolute Gasteiger partial charge is 0.441 e. The normalized spacial score (nSPS) is 11.7. The molecule has 138 valence electrons. The van der Waals surface area contributed by atoms with E-state index < -0.39 is 18.0 Å². The summed E-state index contributed by atoms with van der Waals surface area (Å²) in [6, 6.07) is 15.3. The van der Waals surface area contributed by atoms with Crippen molar-refractivity contribution in [3.63, 3.8) is 0 Å². The van der Waals surface area contributed by atoms with Gasteiger partial charge in [-0.25, -0.2) is 4.79 Å². The number of hydrogen-bond acceptors (Lipinski definition) is 5. The lowest BCUT2D eigenvalue weighted by atomic mass is 10.1. The second kappa shape index (κ2) is 8.05. The number of hydrogen-bond donors (Lipinski definition) is 1. The number of amides is 1. The molecule has 0 unspecified atom stereocenters. The second-order valence-corrected chi connectivity index (χ2v) is 6.39. The van der Waals surface area contributed by atoms with Crippen LogP contribution in [0.2, 0.25) is 5.02 Å². The fraction of sp³-hybridized carbons (Fsp3) is 0.150. The summed E-state index contributed by atoms with van der Waals surface area (Å²) in [5.74, 6) is -1.35. The molecule has 2 aromatic carbocycles. The number of benzene rings is 2. The second-order valence-electron chi connectivity index (χ2n) is 5.98. The van der Waals surface area contributed by atoms with Crippen molar-refractivity contribution in [1.82, 2.24) is 5.16 Å². The lowest BCUT2D eigenvalue weighted by Crippen LogP contribution is -2.25. The van der Waals surface area contributed by atoms with Crippen molar-refractivity contribution in [3.8, 4) is 0 Å². The summed E-state index contributed by atoms with van der Waals surface area (Å²) in [5, 5.41) is 6.91. The van der Waals surface area contributed by atoms with E-state index in [0.29, 0.717) is 22.0 Å². The molecule has 0 saturated carbocycles. The first kappa shape index (κ1) is 18.7. The van der Waals surface area contributed by atoms with Gasteiger partial charge in [0.25, 0.3) is 5.91 Å². The molecule has 0 radical (unpaired) electrons. The van der Waals surface area contributed by atoms with E-state index in [-0.39, 0.29) is 5.76 Å². The molecular formula is C20H17ClN2O4. The van der Waals surface area contributed by atoms with Gasteiger partial charge >= 0.3 is 5.97 Å². The summed E-state index contributed by atoms with van der Waals surface area (Å²) in [6.45, 7) is 3.55. The number of esters is 1. The van der Waals surface area contributed by atoms with Crippen LogP contribution >= 0.6 is 11.6 Å². The first-order chi connectivity index (χ1) is 12.9. The molecule has 0 bridgehead atoms. The van der Waals surface area contributed by atoms with Crippen LogP contribution in [0.5, 0.6) is 0 Å². The number of aryl methyl sites for hydroxylation is 2. The summed E-state index contributed by atoms with van der Waals surface area (Å²) >= 11 is 6.10. The average molecular weight is 385 g/mol. The Morgan fingerprint density at radius 1 is 1.11 bits per heavy atom. The van der Waals surface area contributed by atoms with Gasteiger partial charge in [-0.1, -0.05) is 53.2 Å². The van der Waals surface area contributed by atoms with Crippen LogP contribution in [0.4, 0.5) is 5.69 Å². The van der Waals surface area contributed by atoms with Crippen molar-refractivity contribution in [2.45, 2.75) is 20.0 Å². The van der Waals surface area contributed by atoms with Crippen molar-refractivity contribution in [1.29, 1.82) is 0 Å². The van der Waals surface area contributed by atoms with Crippen LogP contribution < -0.4 is 5.32 Å². The minimum atomic E-state index is -1.16. The van der Waals surface area contributed by atoms with Crippen LogP contribution in [0.25, 0.3) is 0 Å². The number of rotatable bonds is 5. The third kappa shape index (κ3) is 4.54. The zero-order valence-electron chi connectivity index (χ0n) is 14.7. The molecule has 0 aliphatic carbocycles. The number of carbonyl (C=O) groups is 2. The Hall–Kier alpha value is -3.12. The molecule has 0 spiro atoms. The number of aromatic nitrogens is 1. The Morgan fingerprint density at radius 2 is 1.85 bits per heavy atom. The predicted octanol–water partition coefficient (Wildman–Crippen LogP) is 4.48. The molecule has 1 atom stereocenters. The molecule has 0 fully saturated rings. The molecule has 1 N–H and O–H groups in total. The highest BCUT2D eigenvalue weighted by Gasteiger charge is 2.27. The molecule has 1 heterocycles. The maximum absolute atomic E-state index is 12.8. The molecule has 1 aromatic heterocycles. The van der Waals surface area contributed by atoms with Crippen LogP contribution in [0.15, 0.2) is 59.1 Å². The molecular weight excluding hydrogens is 368 g/mol. The van der Waals surface area contributed by atoms with E-state index >= 15 is 0 Å². The third-order valence-corrected chi connectivity index (χ3v) is 4.24. The van der Waals surface area contributed by atoms with E-state index in [2.05, 4.69) is 10.5 Å². The van der Waals surface area contributed by atoms with Crippen LogP contribution in [0.3, 0.4) is 0 Å². The minimum absolute atomic E-state index is 0.0698. The fourth-order valence-electron chi connectivity index (χ4n) is 2.40. The minimum Gasteiger partial charge on any atom is -0.441 e. The predicted molar refractivity (Wildman–Crippen MR) is 101 cm³/mol. The SMILES string of the molecule is Cc1cc(C(=O)O[C@@H](C(=O)Nc2ccc(C)c(Cl)c2)c2ccccc2)on1. The van der Waals surface area contributed by atoms with Crippen molar-refractivity contribution in [3.05, 3.63) is 82.2 Å². The molecule has 7 heteroatoms. The van der Waals surface area contributed by atoms with Crippen LogP contribution in [-0.4, -0.2) is 17.0 Å². The van der Waals surface area contributed by atoms with Gasteiger partial charge in [0.2, 0.25) is 11.9 Å². The van der Waals surface area contributed by atoms with Gasteiger partial charge < -0.3 is 14.6 Å². The van der Waals surface area contributed by atoms with Gasteiger partial charge in [-0.05, 0) is 31.5 Å². The summed E-state index contributed by atoms with van der Waals surface area (Å²) in [4.78, 5) is 25.1. The molecule has 6 nitrogen and oxygen atoms in total. The topological polar surface area (TPSA) is 81.4 Å². The van der Waals surface area contributed by atoms with E-state index in [1.165, 1.54) is 6.07 Å². The Morgan fingerprint density at radius 3 is 2.48 bits per heavy atom. The first-order valence-electron chi connectivity index (χ1n) is 8.20. The molecule has 0 aliphatic rings. The smallest absolute Gasteiger partial charge is 0.378 e. The number of ether oxygens (including phenoxy) is 1. The maximum atomic E-state index is 12.8. The quantitative estimate of drug-likeness (QED) is 0.656. The first-order valence-corrected chi connectivity index (χ1v) is 8.58. The Kier molecular flexibility index (Phi) is 5.57. The molecule has 1 amide bonds. The Bertz CT molecular complexity index is 969. The molecule has 0 saturated heterocycles. The fourth-order valence-corrected chi connectivity index (χ4v) is 2.58. The van der Waals surface area contributed by atoms with Crippen LogP contribution in [0.1, 0.15) is 33.5 Å². The standard InChI is InChI=1S/C20H17ClN2O4/c1-12-8-9-15(11-16(12)21)22-19(24)18(14-6-4-3-5-7-14)26-20(25)17-10-13(2)23-27-17/h3-11,18H,1-2H3,(H,22,24)/t18-/m1/s1. The Balaban J connectivity index is 1.84. The molecule has 0 aliphatic heterocycles. The number of nitrogens with zero attached hydrogens (tertiary/aromatic N) is 1. The van der Waals surface area contributed by atoms with Crippen molar-refractivity contribution in [2.24, 2.45) is 0 Å². The van der Waals surface area contributed by atoms with Gasteiger partial charge in [0.05, 0.1) is 5.69 Å². The Labute approximate surface area is 161 Å². The summed E-state index contributed by atoms with van der Waals surface area (Å²) in [7, 11) is 0. The zero-order chi connectivity index (χ0) is 19.4. The number of anilines is 1. The highest BCUT2D eigenvalue weighted by atomic mass is 35.5. The van der Waals surface area contributed by atoms with Gasteiger partial charge in [-0.15, -0.1) is 0 Å². The highest BCUT2D eigenvalue weighted by molar-refractivity contribution is 6.31. The van der Waals surface area contributed by atoms with E-state index in [0.717, 1.165) is 5.56 Å². The summed E-state index contributed by atoms with van der Waals surface area (Å²) < 4.78 is 10.3. The van der Waals surface area contributed by atoms with Gasteiger partial charge in [-0.3, -0.25) is 4.79 Å². The number of halogens is 1. The van der Waals surface area contributed by atoms with Crippen LogP contribution in [0, 0.1) is 13.8 Å². The van der Waals surface area contributed by atoms with Crippen molar-refractivity contribution in [2.75, 3.05) is 5.32 Å². The average Bonchev–Trinajstić information content (AvgIpc) is 3.10. The number of carbonyl (C=O) groups excluding carboxylic acids is 2. The third-order valence-electron chi connectivity index (χ3n) is 3.83. The van der Waals surface area contributed by atoms with Crippen molar-refractivity contribution < 1.29 is 18.8 Å². The van der Waals surface area contributed by atoms with Crippen molar-refractivity contribution >= 4 is 29.2 Å². The van der Waals surface area contributed by atoms with Gasteiger partial charge in [0, 0.05) is 22.3 Å². The summed E-state index contributed by atoms with van der Waals surface area (Å²) in [5.41, 5.74) is 2.46. The van der Waals surface area contributed by atoms with E-state index in [1.807, 2.05) is 6.92 Å². The van der Waals surface area contributed by atoms with E-state index in [1.54, 1.807) is 55.5 Å². The molecule has 3 aromatic rings. The zero-order valence-corrected chi connectivity index (χ0v) is 15.5. The van der Waals surface area contributed by atoms with E-state index in [9.17, 15) is 9.59 Å². The van der Waals surface area contributed by atoms with Crippen LogP contribution in [-0.2, 0) is 9.53 Å². The lowest BCUT2D eigenvalue weighted by molar-refractivity contribution is -0.125. The summed E-state index contributed by atoms with van der Waals surface area (Å²) in [6.07, 6.45) is -1.16. The highest BCUT2D eigenvalue weighted by Crippen LogP contribution is 2.24. The number of nitrogens with one attached hydrogen (secondary N) is 1. The van der Waals surface area contributed by atoms with Gasteiger partial charge in [0.1, 0.15) is 0 Å². The van der Waals surface area contributed by atoms with Gasteiger partial charge in [-0.2, -0.15) is 0 Å². The van der Waals surface area contributed by atoms with E-state index in [4.69, 9.17) is 20.9 Å². The monoisotopic (exact) mass is 384 g/mol. The van der Waals surface area contributed by atoms with Gasteiger partial charge in [0.15, 0.2) is 0 Å².